The van der Waals surface area contributed by atoms with Crippen molar-refractivity contribution < 1.29 is 4.39 Å². The van der Waals surface area contributed by atoms with Crippen LogP contribution in [0.5, 0.6) is 0 Å². The number of halogens is 1. The lowest BCUT2D eigenvalue weighted by Crippen LogP contribution is -2.17. The van der Waals surface area contributed by atoms with Crippen molar-refractivity contribution in [3.8, 4) is 0 Å². The highest BCUT2D eigenvalue weighted by Crippen LogP contribution is 2.24. The van der Waals surface area contributed by atoms with Crippen LogP contribution in [0.2, 0.25) is 0 Å². The van der Waals surface area contributed by atoms with Crippen LogP contribution in [-0.2, 0) is 6.54 Å². The van der Waals surface area contributed by atoms with Gasteiger partial charge in [0.2, 0.25) is 0 Å². The summed E-state index contributed by atoms with van der Waals surface area (Å²) in [6, 6.07) is 11.4. The van der Waals surface area contributed by atoms with E-state index in [4.69, 9.17) is 0 Å². The van der Waals surface area contributed by atoms with E-state index in [1.165, 1.54) is 30.5 Å². The molecular formula is C17H20FN3. The molecule has 1 fully saturated rings. The predicted octanol–water partition coefficient (Wildman–Crippen LogP) is 3.55. The first-order valence-electron chi connectivity index (χ1n) is 7.32. The van der Waals surface area contributed by atoms with E-state index in [2.05, 4.69) is 22.4 Å². The topological polar surface area (TPSA) is 28.2 Å². The van der Waals surface area contributed by atoms with Gasteiger partial charge < -0.3 is 10.2 Å². The quantitative estimate of drug-likeness (QED) is 0.910. The highest BCUT2D eigenvalue weighted by molar-refractivity contribution is 5.59. The molecule has 2 aromatic rings. The molecule has 1 aromatic heterocycles. The molecule has 0 radical (unpaired) electrons. The van der Waals surface area contributed by atoms with Crippen molar-refractivity contribution in [1.82, 2.24) is 10.3 Å². The van der Waals surface area contributed by atoms with Crippen LogP contribution in [-0.4, -0.2) is 18.1 Å². The van der Waals surface area contributed by atoms with Gasteiger partial charge in [-0.2, -0.15) is 0 Å². The number of nitrogens with zero attached hydrogens (tertiary/aromatic N) is 2. The van der Waals surface area contributed by atoms with E-state index in [0.29, 0.717) is 6.04 Å². The summed E-state index contributed by atoms with van der Waals surface area (Å²) in [5.74, 6) is 0.660. The van der Waals surface area contributed by atoms with Gasteiger partial charge in [-0.15, -0.1) is 0 Å². The van der Waals surface area contributed by atoms with E-state index in [-0.39, 0.29) is 5.82 Å². The summed E-state index contributed by atoms with van der Waals surface area (Å²) >= 11 is 0. The number of anilines is 2. The first kappa shape index (κ1) is 14.0. The monoisotopic (exact) mass is 285 g/mol. The summed E-state index contributed by atoms with van der Waals surface area (Å²) in [4.78, 5) is 6.56. The summed E-state index contributed by atoms with van der Waals surface area (Å²) in [5.41, 5.74) is 3.16. The summed E-state index contributed by atoms with van der Waals surface area (Å²) in [7, 11) is 1.95. The van der Waals surface area contributed by atoms with Gasteiger partial charge >= 0.3 is 0 Å². The van der Waals surface area contributed by atoms with E-state index < -0.39 is 0 Å². The average Bonchev–Trinajstić information content (AvgIpc) is 3.29. The van der Waals surface area contributed by atoms with Gasteiger partial charge in [0.15, 0.2) is 0 Å². The number of rotatable bonds is 5. The first-order chi connectivity index (χ1) is 10.1. The third-order valence-electron chi connectivity index (χ3n) is 3.73. The highest BCUT2D eigenvalue weighted by atomic mass is 19.1. The van der Waals surface area contributed by atoms with Crippen LogP contribution in [0.1, 0.15) is 24.1 Å². The van der Waals surface area contributed by atoms with Crippen LogP contribution in [0.3, 0.4) is 0 Å². The number of benzene rings is 1. The van der Waals surface area contributed by atoms with Crippen molar-refractivity contribution >= 4 is 11.5 Å². The zero-order valence-corrected chi connectivity index (χ0v) is 12.4. The Hall–Kier alpha value is -1.94. The van der Waals surface area contributed by atoms with Crippen LogP contribution < -0.4 is 10.2 Å². The van der Waals surface area contributed by atoms with Gasteiger partial charge in [0.25, 0.3) is 0 Å². The summed E-state index contributed by atoms with van der Waals surface area (Å²) in [6.45, 7) is 2.88. The Balaban J connectivity index is 1.80. The maximum atomic E-state index is 13.0. The van der Waals surface area contributed by atoms with E-state index in [1.807, 2.05) is 18.9 Å². The van der Waals surface area contributed by atoms with Gasteiger partial charge in [0, 0.05) is 31.0 Å². The van der Waals surface area contributed by atoms with Crippen LogP contribution in [0, 0.1) is 12.7 Å². The molecular weight excluding hydrogens is 265 g/mol. The fourth-order valence-electron chi connectivity index (χ4n) is 2.34. The minimum absolute atomic E-state index is 0.223. The Bertz CT molecular complexity index is 620. The molecule has 1 aromatic carbocycles. The molecule has 4 heteroatoms. The van der Waals surface area contributed by atoms with E-state index in [9.17, 15) is 4.39 Å². The van der Waals surface area contributed by atoms with E-state index >= 15 is 0 Å². The van der Waals surface area contributed by atoms with Crippen LogP contribution in [0.15, 0.2) is 36.4 Å². The molecule has 21 heavy (non-hydrogen) atoms. The van der Waals surface area contributed by atoms with Crippen molar-refractivity contribution in [2.45, 2.75) is 32.4 Å². The molecule has 1 heterocycles. The molecule has 0 atom stereocenters. The zero-order chi connectivity index (χ0) is 14.8. The average molecular weight is 285 g/mol. The fraction of sp³-hybridized carbons (Fsp3) is 0.353. The largest absolute Gasteiger partial charge is 0.329 e. The van der Waals surface area contributed by atoms with Gasteiger partial charge in [-0.25, -0.2) is 9.37 Å². The second-order valence-electron chi connectivity index (χ2n) is 5.67. The Labute approximate surface area is 124 Å². The summed E-state index contributed by atoms with van der Waals surface area (Å²) in [5, 5.41) is 3.52. The zero-order valence-electron chi connectivity index (χ0n) is 12.4. The Morgan fingerprint density at radius 3 is 2.62 bits per heavy atom. The number of aryl methyl sites for hydroxylation is 1. The summed E-state index contributed by atoms with van der Waals surface area (Å²) < 4.78 is 13.0. The molecule has 0 spiro atoms. The molecule has 0 amide bonds. The van der Waals surface area contributed by atoms with Gasteiger partial charge in [-0.05, 0) is 61.7 Å². The second kappa shape index (κ2) is 5.82. The van der Waals surface area contributed by atoms with Crippen molar-refractivity contribution in [2.75, 3.05) is 11.9 Å². The number of pyridine rings is 1. The van der Waals surface area contributed by atoms with E-state index in [1.54, 1.807) is 12.1 Å². The Morgan fingerprint density at radius 1 is 1.24 bits per heavy atom. The predicted molar refractivity (Wildman–Crippen MR) is 83.3 cm³/mol. The Morgan fingerprint density at radius 2 is 1.95 bits per heavy atom. The van der Waals surface area contributed by atoms with Crippen molar-refractivity contribution in [3.05, 3.63) is 53.5 Å². The maximum absolute atomic E-state index is 13.0. The van der Waals surface area contributed by atoms with Gasteiger partial charge in [0.1, 0.15) is 11.6 Å². The van der Waals surface area contributed by atoms with Crippen molar-refractivity contribution in [3.63, 3.8) is 0 Å². The number of aromatic nitrogens is 1. The molecule has 110 valence electrons. The third-order valence-corrected chi connectivity index (χ3v) is 3.73. The van der Waals surface area contributed by atoms with Crippen LogP contribution in [0.4, 0.5) is 15.9 Å². The Kier molecular flexibility index (Phi) is 3.88. The lowest BCUT2D eigenvalue weighted by Gasteiger charge is -2.20. The molecule has 3 nitrogen and oxygen atoms in total. The lowest BCUT2D eigenvalue weighted by atomic mass is 10.2. The minimum atomic E-state index is -0.223. The number of nitrogens with one attached hydrogen (secondary N) is 1. The smallest absolute Gasteiger partial charge is 0.133 e. The second-order valence-corrected chi connectivity index (χ2v) is 5.67. The number of hydrogen-bond acceptors (Lipinski definition) is 3. The molecule has 1 saturated carbocycles. The molecule has 1 aliphatic carbocycles. The van der Waals surface area contributed by atoms with Crippen molar-refractivity contribution in [2.24, 2.45) is 0 Å². The maximum Gasteiger partial charge on any atom is 0.133 e. The molecule has 0 bridgehead atoms. The standard InChI is InChI=1S/C17H20FN3/c1-12-9-13(11-19-15-5-6-15)10-17(20-12)21(2)16-7-3-14(18)4-8-16/h3-4,7-10,15,19H,5-6,11H2,1-2H3. The minimum Gasteiger partial charge on any atom is -0.329 e. The molecule has 1 N–H and O–H groups in total. The fourth-order valence-corrected chi connectivity index (χ4v) is 2.34. The third kappa shape index (κ3) is 3.58. The van der Waals surface area contributed by atoms with Gasteiger partial charge in [0.05, 0.1) is 0 Å². The van der Waals surface area contributed by atoms with Gasteiger partial charge in [-0.3, -0.25) is 0 Å². The van der Waals surface area contributed by atoms with Crippen molar-refractivity contribution in [1.29, 1.82) is 0 Å². The normalized spacial score (nSPS) is 14.2. The highest BCUT2D eigenvalue weighted by Gasteiger charge is 2.20. The molecule has 0 saturated heterocycles. The lowest BCUT2D eigenvalue weighted by molar-refractivity contribution is 0.628. The SMILES string of the molecule is Cc1cc(CNC2CC2)cc(N(C)c2ccc(F)cc2)n1. The molecule has 1 aliphatic rings. The van der Waals surface area contributed by atoms with Crippen LogP contribution >= 0.6 is 0 Å². The molecule has 3 rings (SSSR count). The van der Waals surface area contributed by atoms with Crippen LogP contribution in [0.25, 0.3) is 0 Å². The molecule has 0 unspecified atom stereocenters. The summed E-state index contributed by atoms with van der Waals surface area (Å²) in [6.07, 6.45) is 2.57. The van der Waals surface area contributed by atoms with E-state index in [0.717, 1.165) is 23.7 Å². The van der Waals surface area contributed by atoms with Gasteiger partial charge in [-0.1, -0.05) is 0 Å². The molecule has 0 aliphatic heterocycles. The first-order valence-corrected chi connectivity index (χ1v) is 7.32. The number of hydrogen-bond donors (Lipinski definition) is 1.